The van der Waals surface area contributed by atoms with E-state index in [0.717, 1.165) is 0 Å². The molecule has 172 valence electrons. The Morgan fingerprint density at radius 3 is 2.39 bits per heavy atom. The van der Waals surface area contributed by atoms with Gasteiger partial charge in [-0.3, -0.25) is 19.2 Å². The number of H-pyrrole nitrogens is 1. The Hall–Kier alpha value is -2.21. The van der Waals surface area contributed by atoms with E-state index >= 15 is 4.39 Å². The molecule has 0 amide bonds. The van der Waals surface area contributed by atoms with Crippen LogP contribution >= 0.6 is 0 Å². The van der Waals surface area contributed by atoms with Crippen LogP contribution in [0.15, 0.2) is 9.59 Å². The van der Waals surface area contributed by atoms with Crippen molar-refractivity contribution in [2.24, 2.45) is 11.7 Å². The average Bonchev–Trinajstić information content (AvgIpc) is 3.43. The van der Waals surface area contributed by atoms with Crippen LogP contribution in [-0.4, -0.2) is 65.3 Å². The lowest BCUT2D eigenvalue weighted by Gasteiger charge is -2.34. The molecule has 3 N–H and O–H groups in total. The van der Waals surface area contributed by atoms with E-state index in [0.29, 0.717) is 12.8 Å². The number of hydrogen-bond donors (Lipinski definition) is 2. The van der Waals surface area contributed by atoms with Gasteiger partial charge in [0.1, 0.15) is 23.2 Å². The molecule has 0 bridgehead atoms. The largest absolute Gasteiger partial charge is 0.497 e. The molecule has 5 unspecified atom stereocenters. The first-order valence-electron chi connectivity index (χ1n) is 9.95. The number of aromatic amines is 1. The molecule has 1 saturated heterocycles. The zero-order valence-corrected chi connectivity index (χ0v) is 16.9. The monoisotopic (exact) mass is 450 g/mol. The van der Waals surface area contributed by atoms with Gasteiger partial charge in [0.2, 0.25) is 0 Å². The molecule has 2 heterocycles. The molecule has 0 radical (unpaired) electrons. The van der Waals surface area contributed by atoms with E-state index in [-0.39, 0.29) is 27.9 Å². The van der Waals surface area contributed by atoms with Crippen LogP contribution in [0.1, 0.15) is 25.8 Å². The molecule has 31 heavy (non-hydrogen) atoms. The van der Waals surface area contributed by atoms with Crippen LogP contribution in [-0.2, 0) is 4.74 Å². The Kier molecular flexibility index (Phi) is 5.28. The number of hydrogen-bond acceptors (Lipinski definition) is 5. The molecule has 2 fully saturated rings. The molecular weight excluding hydrogens is 427 g/mol. The van der Waals surface area contributed by atoms with Gasteiger partial charge in [0, 0.05) is 25.0 Å². The molecule has 12 heteroatoms. The molecule has 0 spiro atoms. The van der Waals surface area contributed by atoms with Gasteiger partial charge < -0.3 is 10.5 Å². The Morgan fingerprint density at radius 1 is 1.19 bits per heavy atom. The summed E-state index contributed by atoms with van der Waals surface area (Å²) >= 11 is 0. The van der Waals surface area contributed by atoms with Gasteiger partial charge in [-0.15, -0.1) is 0 Å². The first kappa shape index (κ1) is 22.0. The second-order valence-corrected chi connectivity index (χ2v) is 8.38. The maximum Gasteiger partial charge on any atom is 0.404 e. The van der Waals surface area contributed by atoms with E-state index in [1.165, 1.54) is 23.5 Å². The lowest BCUT2D eigenvalue weighted by atomic mass is 9.93. The third-order valence-corrected chi connectivity index (χ3v) is 6.42. The lowest BCUT2D eigenvalue weighted by molar-refractivity contribution is -0.161. The van der Waals surface area contributed by atoms with Crippen molar-refractivity contribution in [1.82, 2.24) is 14.5 Å². The van der Waals surface area contributed by atoms with E-state index in [4.69, 9.17) is 10.5 Å². The number of fused-ring (bicyclic) bond motifs is 1. The summed E-state index contributed by atoms with van der Waals surface area (Å²) in [6.45, 7) is 0.623. The summed E-state index contributed by atoms with van der Waals surface area (Å²) in [6, 6.07) is -3.76. The van der Waals surface area contributed by atoms with Gasteiger partial charge >= 0.3 is 11.9 Å². The van der Waals surface area contributed by atoms with Gasteiger partial charge in [0.05, 0.1) is 18.5 Å². The van der Waals surface area contributed by atoms with Crippen molar-refractivity contribution in [2.45, 2.75) is 56.4 Å². The zero-order chi connectivity index (χ0) is 22.8. The predicted molar refractivity (Wildman–Crippen MR) is 101 cm³/mol. The molecule has 3 aliphatic rings. The molecule has 2 aliphatic carbocycles. The summed E-state index contributed by atoms with van der Waals surface area (Å²) in [5, 5.41) is 0.0702. The summed E-state index contributed by atoms with van der Waals surface area (Å²) in [4.78, 5) is 28.4. The Morgan fingerprint density at radius 2 is 1.84 bits per heavy atom. The quantitative estimate of drug-likeness (QED) is 0.614. The number of halogens is 5. The summed E-state index contributed by atoms with van der Waals surface area (Å²) in [7, 11) is 1.17. The highest BCUT2D eigenvalue weighted by Gasteiger charge is 2.51. The number of rotatable bonds is 4. The lowest BCUT2D eigenvalue weighted by Crippen LogP contribution is -2.61. The molecule has 1 aliphatic heterocycles. The van der Waals surface area contributed by atoms with Crippen molar-refractivity contribution in [1.29, 1.82) is 0 Å². The number of nitrogens with zero attached hydrogens (tertiary/aromatic N) is 2. The molecule has 1 aromatic heterocycles. The van der Waals surface area contributed by atoms with Crippen molar-refractivity contribution in [3.05, 3.63) is 31.4 Å². The van der Waals surface area contributed by atoms with E-state index in [1.54, 1.807) is 0 Å². The van der Waals surface area contributed by atoms with Crippen LogP contribution in [0.2, 0.25) is 0 Å². The van der Waals surface area contributed by atoms with Crippen LogP contribution in [0.3, 0.4) is 0 Å². The highest BCUT2D eigenvalue weighted by Crippen LogP contribution is 2.36. The highest BCUT2D eigenvalue weighted by atomic mass is 19.4. The van der Waals surface area contributed by atoms with Crippen LogP contribution < -0.4 is 27.6 Å². The minimum atomic E-state index is -4.79. The van der Waals surface area contributed by atoms with Crippen LogP contribution in [0, 0.1) is 5.92 Å². The number of nitrogens with one attached hydrogen (secondary N) is 1. The van der Waals surface area contributed by atoms with Gasteiger partial charge in [0.25, 0.3) is 5.56 Å². The first-order chi connectivity index (χ1) is 14.5. The number of methoxy groups -OCH3 is 1. The minimum absolute atomic E-state index is 0.116. The predicted octanol–water partition coefficient (Wildman–Crippen LogP) is -0.323. The summed E-state index contributed by atoms with van der Waals surface area (Å²) in [5.74, 6) is -1.89. The maximum atomic E-state index is 15.6. The van der Waals surface area contributed by atoms with Crippen molar-refractivity contribution in [3.8, 4) is 0 Å². The molecule has 5 atom stereocenters. The number of aromatic nitrogens is 2. The number of ether oxygens (including phenoxy) is 1. The Bertz CT molecular complexity index is 1120. The first-order valence-corrected chi connectivity index (χ1v) is 9.95. The topological polar surface area (TPSA) is 93.3 Å². The number of alkyl halides is 5. The van der Waals surface area contributed by atoms with Gasteiger partial charge in [0.15, 0.2) is 6.17 Å². The Balaban J connectivity index is 1.86. The normalized spacial score (nSPS) is 30.5. The fraction of sp³-hybridized carbons (Fsp3) is 0.684. The molecule has 1 aromatic rings. The van der Waals surface area contributed by atoms with Crippen LogP contribution in [0.5, 0.6) is 0 Å². The Labute approximate surface area is 173 Å². The van der Waals surface area contributed by atoms with Crippen LogP contribution in [0.25, 0.3) is 11.3 Å². The zero-order valence-electron chi connectivity index (χ0n) is 16.9. The van der Waals surface area contributed by atoms with Crippen LogP contribution in [0.4, 0.5) is 22.0 Å². The van der Waals surface area contributed by atoms with E-state index in [2.05, 4.69) is 4.98 Å². The van der Waals surface area contributed by atoms with Gasteiger partial charge in [-0.1, -0.05) is 0 Å². The third-order valence-electron chi connectivity index (χ3n) is 6.42. The smallest absolute Gasteiger partial charge is 0.404 e. The fourth-order valence-electron chi connectivity index (χ4n) is 4.79. The maximum absolute atomic E-state index is 15.6. The molecule has 0 aromatic carbocycles. The summed E-state index contributed by atoms with van der Waals surface area (Å²) in [6.07, 6.45) is -7.25. The van der Waals surface area contributed by atoms with Crippen molar-refractivity contribution in [3.63, 3.8) is 0 Å². The van der Waals surface area contributed by atoms with E-state index < -0.39 is 60.9 Å². The molecule has 7 nitrogen and oxygen atoms in total. The molecule has 4 rings (SSSR count). The number of nitrogens with two attached hydrogens (primary N) is 1. The van der Waals surface area contributed by atoms with Crippen molar-refractivity contribution < 1.29 is 26.7 Å². The second kappa shape index (κ2) is 7.44. The fourth-order valence-corrected chi connectivity index (χ4v) is 4.79. The summed E-state index contributed by atoms with van der Waals surface area (Å²) < 4.78 is 75.8. The van der Waals surface area contributed by atoms with E-state index in [9.17, 15) is 27.2 Å². The second-order valence-electron chi connectivity index (χ2n) is 8.38. The number of likely N-dealkylation sites (tertiary alicyclic amines) is 1. The van der Waals surface area contributed by atoms with Crippen molar-refractivity contribution >= 4 is 11.3 Å². The van der Waals surface area contributed by atoms with Gasteiger partial charge in [-0.05, 0) is 25.3 Å². The van der Waals surface area contributed by atoms with Gasteiger partial charge in [-0.25, -0.2) is 13.6 Å². The average molecular weight is 450 g/mol. The summed E-state index contributed by atoms with van der Waals surface area (Å²) in [5.41, 5.74) is 4.04. The van der Waals surface area contributed by atoms with E-state index in [1.807, 2.05) is 0 Å². The molecular formula is C19H23F5N4O3. The van der Waals surface area contributed by atoms with Crippen molar-refractivity contribution in [2.75, 3.05) is 20.2 Å². The highest BCUT2D eigenvalue weighted by molar-refractivity contribution is 5.61. The SMILES string of the molecule is COC1=c2c(=O)[nH]c(=O)n(C3CC3)c2=C(C)C(N2CC(F)C(C(N)C(F)(F)F)C2)C1F. The third kappa shape index (κ3) is 3.49. The minimum Gasteiger partial charge on any atom is -0.497 e. The standard InChI is InChI=1S/C19H23F5N4O3/c1-7-13-11(17(29)26-18(30)28(13)8-3-4-8)15(31-2)12(21)14(7)27-5-9(10(20)6-27)16(25)19(22,23)24/h8-10,12,14,16H,3-6,25H2,1-2H3,(H,26,29,30). The molecule has 1 saturated carbocycles. The van der Waals surface area contributed by atoms with Gasteiger partial charge in [-0.2, -0.15) is 13.2 Å².